The van der Waals surface area contributed by atoms with E-state index in [9.17, 15) is 18.0 Å². The molecule has 0 atom stereocenters. The van der Waals surface area contributed by atoms with Crippen molar-refractivity contribution in [2.75, 3.05) is 13.2 Å². The summed E-state index contributed by atoms with van der Waals surface area (Å²) in [6, 6.07) is 15.3. The van der Waals surface area contributed by atoms with Gasteiger partial charge in [0.1, 0.15) is 10.8 Å². The smallest absolute Gasteiger partial charge is 0.490 e. The zero-order valence-electron chi connectivity index (χ0n) is 20.0. The maximum atomic E-state index is 11.8. The topological polar surface area (TPSA) is 103 Å². The third-order valence-electron chi connectivity index (χ3n) is 4.85. The van der Waals surface area contributed by atoms with Crippen LogP contribution in [0.5, 0.6) is 5.75 Å². The number of aliphatic carboxylic acids is 1. The first-order valence-electron chi connectivity index (χ1n) is 11.3. The van der Waals surface area contributed by atoms with Crippen molar-refractivity contribution in [3.8, 4) is 27.6 Å². The quantitative estimate of drug-likeness (QED) is 0.214. The molecule has 2 heterocycles. The molecule has 0 saturated heterocycles. The number of rotatable bonds is 8. The standard InChI is InChI=1S/C23H23N3O3S.C2HF3O2/c1-3-5-14-29-19-12-10-17(11-13-19)21-25-26-15-20(24-23(26)30-21)16-6-8-18(9-7-16)22(27)28-4-2;3-2(4,5)1(6)7/h6-13,15H,3-5,14H2,1-2H3;(H,6,7). The Balaban J connectivity index is 0.000000479. The van der Waals surface area contributed by atoms with Gasteiger partial charge in [0, 0.05) is 11.1 Å². The number of carbonyl (C=O) groups is 2. The zero-order valence-corrected chi connectivity index (χ0v) is 20.8. The van der Waals surface area contributed by atoms with Gasteiger partial charge in [0.05, 0.1) is 30.7 Å². The third kappa shape index (κ3) is 7.53. The predicted octanol–water partition coefficient (Wildman–Crippen LogP) is 6.11. The summed E-state index contributed by atoms with van der Waals surface area (Å²) >= 11 is 1.53. The monoisotopic (exact) mass is 535 g/mol. The van der Waals surface area contributed by atoms with Gasteiger partial charge in [-0.05, 0) is 49.7 Å². The largest absolute Gasteiger partial charge is 0.494 e. The number of alkyl halides is 3. The Kier molecular flexibility index (Phi) is 9.23. The lowest BCUT2D eigenvalue weighted by Gasteiger charge is -2.05. The number of unbranched alkanes of at least 4 members (excludes halogenated alkanes) is 1. The molecule has 196 valence electrons. The van der Waals surface area contributed by atoms with Crippen molar-refractivity contribution < 1.29 is 37.3 Å². The van der Waals surface area contributed by atoms with Gasteiger partial charge >= 0.3 is 18.1 Å². The average molecular weight is 536 g/mol. The number of halogens is 3. The summed E-state index contributed by atoms with van der Waals surface area (Å²) in [7, 11) is 0. The van der Waals surface area contributed by atoms with Crippen LogP contribution in [0.2, 0.25) is 0 Å². The molecule has 0 aliphatic carbocycles. The van der Waals surface area contributed by atoms with Crippen LogP contribution in [-0.2, 0) is 9.53 Å². The Morgan fingerprint density at radius 2 is 1.65 bits per heavy atom. The van der Waals surface area contributed by atoms with Crippen LogP contribution in [0.1, 0.15) is 37.0 Å². The molecule has 0 aliphatic rings. The van der Waals surface area contributed by atoms with Gasteiger partial charge in [-0.3, -0.25) is 0 Å². The van der Waals surface area contributed by atoms with Crippen molar-refractivity contribution in [2.45, 2.75) is 32.9 Å². The number of hydrogen-bond donors (Lipinski definition) is 1. The van der Waals surface area contributed by atoms with Crippen LogP contribution in [0, 0.1) is 0 Å². The van der Waals surface area contributed by atoms with E-state index in [0.29, 0.717) is 12.2 Å². The number of ether oxygens (including phenoxy) is 2. The molecule has 2 aromatic heterocycles. The molecule has 0 saturated carbocycles. The maximum absolute atomic E-state index is 11.8. The molecule has 0 unspecified atom stereocenters. The van der Waals surface area contributed by atoms with Gasteiger partial charge in [0.2, 0.25) is 4.96 Å². The Morgan fingerprint density at radius 3 is 2.19 bits per heavy atom. The molecule has 0 spiro atoms. The van der Waals surface area contributed by atoms with Gasteiger partial charge in [0.15, 0.2) is 0 Å². The molecular weight excluding hydrogens is 511 g/mol. The van der Waals surface area contributed by atoms with Crippen LogP contribution >= 0.6 is 11.3 Å². The minimum Gasteiger partial charge on any atom is -0.494 e. The number of aromatic nitrogens is 3. The summed E-state index contributed by atoms with van der Waals surface area (Å²) in [5, 5.41) is 12.7. The molecule has 2 aromatic carbocycles. The molecule has 0 bridgehead atoms. The molecule has 8 nitrogen and oxygen atoms in total. The lowest BCUT2D eigenvalue weighted by molar-refractivity contribution is -0.192. The van der Waals surface area contributed by atoms with Crippen molar-refractivity contribution in [3.63, 3.8) is 0 Å². The Hall–Kier alpha value is -3.93. The lowest BCUT2D eigenvalue weighted by Crippen LogP contribution is -2.21. The van der Waals surface area contributed by atoms with Gasteiger partial charge in [-0.1, -0.05) is 36.8 Å². The first-order valence-corrected chi connectivity index (χ1v) is 12.1. The summed E-state index contributed by atoms with van der Waals surface area (Å²) in [6.07, 6.45) is -1.01. The van der Waals surface area contributed by atoms with E-state index in [2.05, 4.69) is 17.0 Å². The third-order valence-corrected chi connectivity index (χ3v) is 5.82. The molecule has 0 fully saturated rings. The Bertz CT molecular complexity index is 1300. The van der Waals surface area contributed by atoms with Gasteiger partial charge in [0.25, 0.3) is 0 Å². The van der Waals surface area contributed by atoms with E-state index in [0.717, 1.165) is 52.0 Å². The van der Waals surface area contributed by atoms with Crippen LogP contribution in [-0.4, -0.2) is 51.0 Å². The molecule has 4 aromatic rings. The summed E-state index contributed by atoms with van der Waals surface area (Å²) < 4.78 is 44.3. The number of benzene rings is 2. The Labute approximate surface area is 214 Å². The SMILES string of the molecule is CCCCOc1ccc(-c2nn3cc(-c4ccc(C(=O)OCC)cc4)nc3s2)cc1.O=C(O)C(F)(F)F. The fourth-order valence-electron chi connectivity index (χ4n) is 2.98. The number of esters is 1. The number of imidazole rings is 1. The molecular formula is C25H24F3N3O5S. The molecule has 0 aliphatic heterocycles. The highest BCUT2D eigenvalue weighted by Crippen LogP contribution is 2.29. The van der Waals surface area contributed by atoms with E-state index in [-0.39, 0.29) is 5.97 Å². The second-order valence-electron chi connectivity index (χ2n) is 7.59. The summed E-state index contributed by atoms with van der Waals surface area (Å²) in [4.78, 5) is 26.2. The van der Waals surface area contributed by atoms with E-state index >= 15 is 0 Å². The summed E-state index contributed by atoms with van der Waals surface area (Å²) in [5.74, 6) is -2.20. The highest BCUT2D eigenvalue weighted by Gasteiger charge is 2.38. The van der Waals surface area contributed by atoms with Crippen molar-refractivity contribution in [1.29, 1.82) is 0 Å². The summed E-state index contributed by atoms with van der Waals surface area (Å²) in [5.41, 5.74) is 3.31. The number of carboxylic acids is 1. The molecule has 0 radical (unpaired) electrons. The zero-order chi connectivity index (χ0) is 27.0. The van der Waals surface area contributed by atoms with Gasteiger partial charge in [-0.15, -0.1) is 0 Å². The molecule has 12 heteroatoms. The summed E-state index contributed by atoms with van der Waals surface area (Å²) in [6.45, 7) is 5.04. The van der Waals surface area contributed by atoms with Crippen LogP contribution < -0.4 is 4.74 Å². The molecule has 37 heavy (non-hydrogen) atoms. The minimum atomic E-state index is -5.08. The first-order chi connectivity index (χ1) is 17.6. The molecule has 1 N–H and O–H groups in total. The Morgan fingerprint density at radius 1 is 1.03 bits per heavy atom. The number of carbonyl (C=O) groups excluding carboxylic acids is 1. The number of carboxylic acid groups (broad SMARTS) is 1. The second-order valence-corrected chi connectivity index (χ2v) is 8.54. The van der Waals surface area contributed by atoms with E-state index in [1.807, 2.05) is 42.6 Å². The predicted molar refractivity (Wildman–Crippen MR) is 132 cm³/mol. The van der Waals surface area contributed by atoms with Crippen molar-refractivity contribution in [2.24, 2.45) is 0 Å². The van der Waals surface area contributed by atoms with E-state index in [1.54, 1.807) is 23.6 Å². The van der Waals surface area contributed by atoms with Crippen LogP contribution in [0.25, 0.3) is 26.8 Å². The highest BCUT2D eigenvalue weighted by atomic mass is 32.1. The lowest BCUT2D eigenvalue weighted by atomic mass is 10.1. The number of fused-ring (bicyclic) bond motifs is 1. The number of nitrogens with zero attached hydrogens (tertiary/aromatic N) is 3. The average Bonchev–Trinajstić information content (AvgIpc) is 3.44. The van der Waals surface area contributed by atoms with Crippen molar-refractivity contribution in [3.05, 3.63) is 60.3 Å². The number of hydrogen-bond acceptors (Lipinski definition) is 7. The highest BCUT2D eigenvalue weighted by molar-refractivity contribution is 7.19. The normalized spacial score (nSPS) is 11.1. The van der Waals surface area contributed by atoms with Crippen molar-refractivity contribution >= 4 is 28.2 Å². The first kappa shape index (κ1) is 27.7. The van der Waals surface area contributed by atoms with E-state index in [4.69, 9.17) is 19.4 Å². The van der Waals surface area contributed by atoms with Gasteiger partial charge in [-0.2, -0.15) is 18.3 Å². The van der Waals surface area contributed by atoms with Crippen LogP contribution in [0.15, 0.2) is 54.7 Å². The van der Waals surface area contributed by atoms with E-state index in [1.165, 1.54) is 11.3 Å². The minimum absolute atomic E-state index is 0.317. The fourth-order valence-corrected chi connectivity index (χ4v) is 3.86. The van der Waals surface area contributed by atoms with Crippen LogP contribution in [0.4, 0.5) is 13.2 Å². The maximum Gasteiger partial charge on any atom is 0.490 e. The molecule has 4 rings (SSSR count). The van der Waals surface area contributed by atoms with Crippen LogP contribution in [0.3, 0.4) is 0 Å². The van der Waals surface area contributed by atoms with Crippen molar-refractivity contribution in [1.82, 2.24) is 14.6 Å². The fraction of sp³-hybridized carbons (Fsp3) is 0.280. The van der Waals surface area contributed by atoms with Gasteiger partial charge in [-0.25, -0.2) is 19.1 Å². The van der Waals surface area contributed by atoms with Gasteiger partial charge < -0.3 is 14.6 Å². The van der Waals surface area contributed by atoms with E-state index < -0.39 is 12.1 Å². The molecule has 0 amide bonds. The second kappa shape index (κ2) is 12.3.